The van der Waals surface area contributed by atoms with Crippen LogP contribution in [-0.4, -0.2) is 47.6 Å². The Labute approximate surface area is 182 Å². The van der Waals surface area contributed by atoms with Crippen molar-refractivity contribution in [3.05, 3.63) is 71.8 Å². The molecule has 0 N–H and O–H groups in total. The number of carbonyl (C=O) groups excluding carboxylic acids is 3. The highest BCUT2D eigenvalue weighted by molar-refractivity contribution is 5.95. The minimum atomic E-state index is -0.678. The van der Waals surface area contributed by atoms with Gasteiger partial charge in [0.1, 0.15) is 6.61 Å². The number of benzene rings is 2. The van der Waals surface area contributed by atoms with Crippen LogP contribution in [0.15, 0.2) is 60.7 Å². The number of hydrogen-bond acceptors (Lipinski definition) is 6. The lowest BCUT2D eigenvalue weighted by atomic mass is 9.92. The highest BCUT2D eigenvalue weighted by Gasteiger charge is 2.44. The van der Waals surface area contributed by atoms with Crippen LogP contribution in [-0.2, 0) is 14.4 Å². The molecule has 7 nitrogen and oxygen atoms in total. The zero-order chi connectivity index (χ0) is 22.5. The number of imide groups is 1. The smallest absolute Gasteiger partial charge is 0.416 e. The molecule has 0 spiro atoms. The Morgan fingerprint density at radius 1 is 1.03 bits per heavy atom. The van der Waals surface area contributed by atoms with Crippen molar-refractivity contribution in [1.82, 2.24) is 9.96 Å². The van der Waals surface area contributed by atoms with E-state index < -0.39 is 24.0 Å². The second-order valence-electron chi connectivity index (χ2n) is 8.03. The van der Waals surface area contributed by atoms with E-state index in [9.17, 15) is 14.4 Å². The van der Waals surface area contributed by atoms with Gasteiger partial charge in [-0.3, -0.25) is 4.79 Å². The highest BCUT2D eigenvalue weighted by atomic mass is 16.7. The van der Waals surface area contributed by atoms with Crippen molar-refractivity contribution < 1.29 is 24.0 Å². The zero-order valence-electron chi connectivity index (χ0n) is 18.2. The third-order valence-corrected chi connectivity index (χ3v) is 5.55. The van der Waals surface area contributed by atoms with E-state index in [1.54, 1.807) is 38.2 Å². The van der Waals surface area contributed by atoms with Gasteiger partial charge < -0.3 is 9.57 Å². The lowest BCUT2D eigenvalue weighted by Gasteiger charge is -2.33. The predicted molar refractivity (Wildman–Crippen MR) is 115 cm³/mol. The molecule has 0 aliphatic carbocycles. The van der Waals surface area contributed by atoms with Crippen LogP contribution in [0, 0.1) is 11.8 Å². The monoisotopic (exact) mass is 424 g/mol. The summed E-state index contributed by atoms with van der Waals surface area (Å²) in [6.45, 7) is 5.81. The molecule has 1 aliphatic rings. The number of rotatable bonds is 7. The van der Waals surface area contributed by atoms with Crippen molar-refractivity contribution >= 4 is 18.0 Å². The van der Waals surface area contributed by atoms with Gasteiger partial charge in [-0.2, -0.15) is 0 Å². The van der Waals surface area contributed by atoms with E-state index in [2.05, 4.69) is 0 Å². The van der Waals surface area contributed by atoms with E-state index >= 15 is 0 Å². The average Bonchev–Trinajstić information content (AvgIpc) is 3.16. The third-order valence-electron chi connectivity index (χ3n) is 5.55. The van der Waals surface area contributed by atoms with Crippen molar-refractivity contribution in [2.75, 3.05) is 13.7 Å². The molecule has 0 bridgehead atoms. The Kier molecular flexibility index (Phi) is 7.07. The predicted octanol–water partition coefficient (Wildman–Crippen LogP) is 4.07. The molecule has 3 rings (SSSR count). The summed E-state index contributed by atoms with van der Waals surface area (Å²) in [6, 6.07) is 17.0. The number of amides is 2. The summed E-state index contributed by atoms with van der Waals surface area (Å²) in [4.78, 5) is 45.1. The Hall–Kier alpha value is -3.19. The minimum Gasteiger partial charge on any atom is -0.447 e. The van der Waals surface area contributed by atoms with Crippen molar-refractivity contribution in [2.24, 2.45) is 11.8 Å². The highest BCUT2D eigenvalue weighted by Crippen LogP contribution is 2.32. The first kappa shape index (κ1) is 22.5. The van der Waals surface area contributed by atoms with Gasteiger partial charge in [-0.1, -0.05) is 69.3 Å². The van der Waals surface area contributed by atoms with Crippen LogP contribution in [0.5, 0.6) is 0 Å². The van der Waals surface area contributed by atoms with Crippen LogP contribution in [0.2, 0.25) is 0 Å². The molecule has 164 valence electrons. The summed E-state index contributed by atoms with van der Waals surface area (Å²) >= 11 is 0. The van der Waals surface area contributed by atoms with Gasteiger partial charge in [0.25, 0.3) is 0 Å². The molecule has 1 fully saturated rings. The summed E-state index contributed by atoms with van der Waals surface area (Å²) in [5.41, 5.74) is 1.20. The van der Waals surface area contributed by atoms with Gasteiger partial charge in [-0.15, -0.1) is 5.06 Å². The van der Waals surface area contributed by atoms with Gasteiger partial charge in [-0.25, -0.2) is 14.5 Å². The van der Waals surface area contributed by atoms with E-state index in [0.29, 0.717) is 5.56 Å². The van der Waals surface area contributed by atoms with Gasteiger partial charge >= 0.3 is 12.1 Å². The first-order valence-electron chi connectivity index (χ1n) is 10.4. The molecule has 1 heterocycles. The van der Waals surface area contributed by atoms with Gasteiger partial charge in [0.2, 0.25) is 5.91 Å². The topological polar surface area (TPSA) is 76.2 Å². The molecule has 0 saturated carbocycles. The van der Waals surface area contributed by atoms with Gasteiger partial charge in [0.05, 0.1) is 23.6 Å². The SMILES string of the molecule is CC(C)[C@H]1COC(=O)N1C(=O)[C@@H](C)[C@@H](c1ccccc1)N(C)OC(=O)c1ccccc1. The molecule has 1 aliphatic heterocycles. The minimum absolute atomic E-state index is 0.0615. The summed E-state index contributed by atoms with van der Waals surface area (Å²) in [5, 5.41) is 1.39. The molecule has 2 aromatic carbocycles. The summed E-state index contributed by atoms with van der Waals surface area (Å²) in [6.07, 6.45) is -0.633. The first-order valence-corrected chi connectivity index (χ1v) is 10.4. The summed E-state index contributed by atoms with van der Waals surface area (Å²) in [5.74, 6) is -1.50. The van der Waals surface area contributed by atoms with Crippen LogP contribution in [0.4, 0.5) is 4.79 Å². The molecule has 31 heavy (non-hydrogen) atoms. The quantitative estimate of drug-likeness (QED) is 0.624. The van der Waals surface area contributed by atoms with Crippen LogP contribution in [0.25, 0.3) is 0 Å². The molecule has 0 aromatic heterocycles. The zero-order valence-corrected chi connectivity index (χ0v) is 18.2. The van der Waals surface area contributed by atoms with Gasteiger partial charge in [0, 0.05) is 7.05 Å². The maximum absolute atomic E-state index is 13.4. The number of hydrogen-bond donors (Lipinski definition) is 0. The van der Waals surface area contributed by atoms with Crippen molar-refractivity contribution in [1.29, 1.82) is 0 Å². The maximum Gasteiger partial charge on any atom is 0.416 e. The largest absolute Gasteiger partial charge is 0.447 e. The molecule has 7 heteroatoms. The number of carbonyl (C=O) groups is 3. The van der Waals surface area contributed by atoms with E-state index in [1.807, 2.05) is 50.2 Å². The first-order chi connectivity index (χ1) is 14.8. The lowest BCUT2D eigenvalue weighted by Crippen LogP contribution is -2.47. The number of cyclic esters (lactones) is 1. The molecule has 1 saturated heterocycles. The molecule has 3 atom stereocenters. The molecule has 0 radical (unpaired) electrons. The Morgan fingerprint density at radius 3 is 2.19 bits per heavy atom. The lowest BCUT2D eigenvalue weighted by molar-refractivity contribution is -0.153. The van der Waals surface area contributed by atoms with Gasteiger partial charge in [-0.05, 0) is 23.6 Å². The number of ether oxygens (including phenoxy) is 1. The van der Waals surface area contributed by atoms with Gasteiger partial charge in [0.15, 0.2) is 0 Å². The Morgan fingerprint density at radius 2 is 1.61 bits per heavy atom. The summed E-state index contributed by atoms with van der Waals surface area (Å²) < 4.78 is 5.15. The fourth-order valence-corrected chi connectivity index (χ4v) is 3.81. The van der Waals surface area contributed by atoms with Crippen LogP contribution < -0.4 is 0 Å². The average molecular weight is 424 g/mol. The van der Waals surface area contributed by atoms with Crippen molar-refractivity contribution in [2.45, 2.75) is 32.9 Å². The second-order valence-corrected chi connectivity index (χ2v) is 8.03. The third kappa shape index (κ3) is 4.94. The fraction of sp³-hybridized carbons (Fsp3) is 0.375. The van der Waals surface area contributed by atoms with Crippen LogP contribution >= 0.6 is 0 Å². The van der Waals surface area contributed by atoms with Crippen LogP contribution in [0.1, 0.15) is 42.7 Å². The number of hydroxylamine groups is 2. The second kappa shape index (κ2) is 9.75. The normalized spacial score (nSPS) is 18.1. The van der Waals surface area contributed by atoms with E-state index in [0.717, 1.165) is 5.56 Å². The summed E-state index contributed by atoms with van der Waals surface area (Å²) in [7, 11) is 1.62. The Balaban J connectivity index is 1.87. The molecule has 2 amide bonds. The van der Waals surface area contributed by atoms with Crippen molar-refractivity contribution in [3.63, 3.8) is 0 Å². The molecule has 2 aromatic rings. The number of nitrogens with zero attached hydrogens (tertiary/aromatic N) is 2. The Bertz CT molecular complexity index is 916. The van der Waals surface area contributed by atoms with E-state index in [-0.39, 0.29) is 24.5 Å². The van der Waals surface area contributed by atoms with Crippen LogP contribution in [0.3, 0.4) is 0 Å². The van der Waals surface area contributed by atoms with E-state index in [1.165, 1.54) is 9.96 Å². The molecular formula is C24H28N2O5. The molecule has 0 unspecified atom stereocenters. The molecular weight excluding hydrogens is 396 g/mol. The maximum atomic E-state index is 13.4. The van der Waals surface area contributed by atoms with E-state index in [4.69, 9.17) is 9.57 Å². The fourth-order valence-electron chi connectivity index (χ4n) is 3.81. The van der Waals surface area contributed by atoms with Crippen molar-refractivity contribution in [3.8, 4) is 0 Å². The standard InChI is InChI=1S/C24H28N2O5/c1-16(2)20-15-30-24(29)26(20)22(27)17(3)21(18-11-7-5-8-12-18)25(4)31-23(28)19-13-9-6-10-14-19/h5-14,16-17,20-21H,15H2,1-4H3/t17-,20+,21-/m0/s1.